The van der Waals surface area contributed by atoms with Crippen LogP contribution in [0.1, 0.15) is 18.9 Å². The van der Waals surface area contributed by atoms with E-state index in [-0.39, 0.29) is 0 Å². The molecule has 2 unspecified atom stereocenters. The average Bonchev–Trinajstić information content (AvgIpc) is 2.78. The Labute approximate surface area is 78.1 Å². The van der Waals surface area contributed by atoms with E-state index in [0.717, 1.165) is 11.8 Å². The van der Waals surface area contributed by atoms with E-state index in [1.165, 1.54) is 25.9 Å². The van der Waals surface area contributed by atoms with Gasteiger partial charge < -0.3 is 5.32 Å². The van der Waals surface area contributed by atoms with E-state index in [4.69, 9.17) is 0 Å². The predicted molar refractivity (Wildman–Crippen MR) is 50.3 cm³/mol. The summed E-state index contributed by atoms with van der Waals surface area (Å²) < 4.78 is 2.14. The van der Waals surface area contributed by atoms with Crippen molar-refractivity contribution in [1.29, 1.82) is 0 Å². The first-order valence-electron chi connectivity index (χ1n) is 5.13. The molecule has 0 aromatic carbocycles. The second-order valence-electron chi connectivity index (χ2n) is 4.29. The van der Waals surface area contributed by atoms with Crippen LogP contribution in [0.2, 0.25) is 0 Å². The van der Waals surface area contributed by atoms with Gasteiger partial charge in [-0.2, -0.15) is 5.10 Å². The highest BCUT2D eigenvalue weighted by Crippen LogP contribution is 2.40. The first-order chi connectivity index (χ1) is 6.43. The highest BCUT2D eigenvalue weighted by atomic mass is 15.3. The van der Waals surface area contributed by atoms with Crippen molar-refractivity contribution in [3.8, 4) is 0 Å². The summed E-state index contributed by atoms with van der Waals surface area (Å²) in [7, 11) is 0. The molecule has 1 aromatic heterocycles. The summed E-state index contributed by atoms with van der Waals surface area (Å²) in [5, 5.41) is 7.78. The molecule has 13 heavy (non-hydrogen) atoms. The first-order valence-corrected chi connectivity index (χ1v) is 5.13. The minimum Gasteiger partial charge on any atom is -0.316 e. The molecule has 2 aliphatic rings. The van der Waals surface area contributed by atoms with Gasteiger partial charge in [0.15, 0.2) is 0 Å². The normalized spacial score (nSPS) is 38.0. The molecule has 3 nitrogen and oxygen atoms in total. The van der Waals surface area contributed by atoms with Crippen molar-refractivity contribution in [1.82, 2.24) is 15.1 Å². The standard InChI is InChI=1S/C10H15N3/c1-2-12-13(3-1)10-4-8-6-11-7-9(8)5-10/h1-3,8-11H,4-7H2. The third-order valence-corrected chi connectivity index (χ3v) is 3.53. The molecule has 70 valence electrons. The Hall–Kier alpha value is -0.830. The summed E-state index contributed by atoms with van der Waals surface area (Å²) >= 11 is 0. The van der Waals surface area contributed by atoms with Crippen molar-refractivity contribution >= 4 is 0 Å². The molecule has 0 radical (unpaired) electrons. The van der Waals surface area contributed by atoms with Crippen LogP contribution in [0.3, 0.4) is 0 Å². The third kappa shape index (κ3) is 1.18. The van der Waals surface area contributed by atoms with E-state index in [2.05, 4.69) is 21.3 Å². The maximum atomic E-state index is 4.32. The van der Waals surface area contributed by atoms with Gasteiger partial charge >= 0.3 is 0 Å². The monoisotopic (exact) mass is 177 g/mol. The number of hydrogen-bond acceptors (Lipinski definition) is 2. The molecular formula is C10H15N3. The van der Waals surface area contributed by atoms with Gasteiger partial charge in [-0.1, -0.05) is 0 Å². The smallest absolute Gasteiger partial charge is 0.0525 e. The fourth-order valence-electron chi connectivity index (χ4n) is 2.85. The molecule has 0 bridgehead atoms. The summed E-state index contributed by atoms with van der Waals surface area (Å²) in [6, 6.07) is 2.69. The minimum absolute atomic E-state index is 0.673. The zero-order valence-electron chi connectivity index (χ0n) is 7.69. The Morgan fingerprint density at radius 1 is 1.23 bits per heavy atom. The molecule has 2 atom stereocenters. The second kappa shape index (κ2) is 2.84. The lowest BCUT2D eigenvalue weighted by Crippen LogP contribution is -2.14. The number of fused-ring (bicyclic) bond motifs is 1. The maximum Gasteiger partial charge on any atom is 0.0525 e. The van der Waals surface area contributed by atoms with Crippen LogP contribution in [0.5, 0.6) is 0 Å². The Morgan fingerprint density at radius 2 is 2.00 bits per heavy atom. The van der Waals surface area contributed by atoms with Crippen LogP contribution in [0.25, 0.3) is 0 Å². The van der Waals surface area contributed by atoms with Crippen LogP contribution < -0.4 is 5.32 Å². The lowest BCUT2D eigenvalue weighted by atomic mass is 10.0. The SMILES string of the molecule is c1cnn(C2CC3CNCC3C2)c1. The largest absolute Gasteiger partial charge is 0.316 e. The van der Waals surface area contributed by atoms with Crippen molar-refractivity contribution in [2.75, 3.05) is 13.1 Å². The quantitative estimate of drug-likeness (QED) is 0.695. The molecule has 1 saturated heterocycles. The fourth-order valence-corrected chi connectivity index (χ4v) is 2.85. The van der Waals surface area contributed by atoms with E-state index in [1.54, 1.807) is 0 Å². The second-order valence-corrected chi connectivity index (χ2v) is 4.29. The van der Waals surface area contributed by atoms with Gasteiger partial charge in [-0.15, -0.1) is 0 Å². The summed E-state index contributed by atoms with van der Waals surface area (Å²) in [5.41, 5.74) is 0. The van der Waals surface area contributed by atoms with E-state index in [1.807, 2.05) is 12.3 Å². The van der Waals surface area contributed by atoms with Gasteiger partial charge in [0.1, 0.15) is 0 Å². The molecule has 1 N–H and O–H groups in total. The third-order valence-electron chi connectivity index (χ3n) is 3.53. The molecule has 3 heteroatoms. The van der Waals surface area contributed by atoms with Crippen molar-refractivity contribution in [2.45, 2.75) is 18.9 Å². The zero-order chi connectivity index (χ0) is 8.67. The van der Waals surface area contributed by atoms with Gasteiger partial charge in [-0.05, 0) is 43.8 Å². The van der Waals surface area contributed by atoms with Gasteiger partial charge in [-0.3, -0.25) is 4.68 Å². The minimum atomic E-state index is 0.673. The fraction of sp³-hybridized carbons (Fsp3) is 0.700. The van der Waals surface area contributed by atoms with Gasteiger partial charge in [0.25, 0.3) is 0 Å². The first kappa shape index (κ1) is 7.56. The van der Waals surface area contributed by atoms with Crippen LogP contribution >= 0.6 is 0 Å². The van der Waals surface area contributed by atoms with Crippen LogP contribution in [0.4, 0.5) is 0 Å². The predicted octanol–water partition coefficient (Wildman–Crippen LogP) is 1.05. The maximum absolute atomic E-state index is 4.32. The van der Waals surface area contributed by atoms with Crippen molar-refractivity contribution in [2.24, 2.45) is 11.8 Å². The number of nitrogens with one attached hydrogen (secondary N) is 1. The van der Waals surface area contributed by atoms with Gasteiger partial charge in [0.05, 0.1) is 6.04 Å². The Bertz CT molecular complexity index is 268. The van der Waals surface area contributed by atoms with E-state index >= 15 is 0 Å². The highest BCUT2D eigenvalue weighted by molar-refractivity contribution is 4.94. The Morgan fingerprint density at radius 3 is 2.62 bits per heavy atom. The zero-order valence-corrected chi connectivity index (χ0v) is 7.69. The van der Waals surface area contributed by atoms with Gasteiger partial charge in [0, 0.05) is 12.4 Å². The molecule has 1 aliphatic carbocycles. The summed E-state index contributed by atoms with van der Waals surface area (Å²) in [4.78, 5) is 0. The Balaban J connectivity index is 1.76. The molecule has 0 amide bonds. The van der Waals surface area contributed by atoms with Crippen LogP contribution in [-0.4, -0.2) is 22.9 Å². The molecule has 0 spiro atoms. The molecule has 2 fully saturated rings. The van der Waals surface area contributed by atoms with Gasteiger partial charge in [-0.25, -0.2) is 0 Å². The number of nitrogens with zero attached hydrogens (tertiary/aromatic N) is 2. The van der Waals surface area contributed by atoms with Crippen molar-refractivity contribution in [3.05, 3.63) is 18.5 Å². The van der Waals surface area contributed by atoms with E-state index < -0.39 is 0 Å². The van der Waals surface area contributed by atoms with E-state index in [0.29, 0.717) is 6.04 Å². The van der Waals surface area contributed by atoms with Crippen molar-refractivity contribution in [3.63, 3.8) is 0 Å². The lowest BCUT2D eigenvalue weighted by molar-refractivity contribution is 0.433. The number of rotatable bonds is 1. The van der Waals surface area contributed by atoms with Crippen molar-refractivity contribution < 1.29 is 0 Å². The highest BCUT2D eigenvalue weighted by Gasteiger charge is 2.37. The van der Waals surface area contributed by atoms with Crippen LogP contribution in [0, 0.1) is 11.8 Å². The number of hydrogen-bond donors (Lipinski definition) is 1. The van der Waals surface area contributed by atoms with E-state index in [9.17, 15) is 0 Å². The molecule has 2 heterocycles. The lowest BCUT2D eigenvalue weighted by Gasteiger charge is -2.11. The summed E-state index contributed by atoms with van der Waals surface area (Å²) in [6.45, 7) is 2.45. The summed E-state index contributed by atoms with van der Waals surface area (Å²) in [5.74, 6) is 1.82. The molecule has 1 saturated carbocycles. The van der Waals surface area contributed by atoms with Crippen LogP contribution in [-0.2, 0) is 0 Å². The number of aromatic nitrogens is 2. The average molecular weight is 177 g/mol. The summed E-state index contributed by atoms with van der Waals surface area (Å²) in [6.07, 6.45) is 6.62. The molecule has 1 aliphatic heterocycles. The topological polar surface area (TPSA) is 29.9 Å². The van der Waals surface area contributed by atoms with Crippen LogP contribution in [0.15, 0.2) is 18.5 Å². The molecular weight excluding hydrogens is 162 g/mol. The van der Waals surface area contributed by atoms with Gasteiger partial charge in [0.2, 0.25) is 0 Å². The Kier molecular flexibility index (Phi) is 1.65. The molecule has 3 rings (SSSR count). The molecule has 1 aromatic rings.